The molecule has 2 rings (SSSR count). The molecule has 0 aliphatic heterocycles. The number of hydrogen-bond donors (Lipinski definition) is 0. The van der Waals surface area contributed by atoms with E-state index < -0.39 is 17.2 Å². The second-order valence-corrected chi connectivity index (χ2v) is 3.37. The summed E-state index contributed by atoms with van der Waals surface area (Å²) in [5.74, 6) is -1.29. The molecule has 0 atom stereocenters. The van der Waals surface area contributed by atoms with Gasteiger partial charge in [-0.15, -0.1) is 0 Å². The Kier molecular flexibility index (Phi) is 3.15. The first-order chi connectivity index (χ1) is 8.65. The third-order valence-corrected chi connectivity index (χ3v) is 2.28. The zero-order valence-corrected chi connectivity index (χ0v) is 9.32. The molecule has 18 heavy (non-hydrogen) atoms. The number of hydrogen-bond acceptors (Lipinski definition) is 4. The monoisotopic (exact) mass is 247 g/mol. The van der Waals surface area contributed by atoms with Gasteiger partial charge in [-0.3, -0.25) is 0 Å². The van der Waals surface area contributed by atoms with E-state index in [0.717, 1.165) is 12.1 Å². The van der Waals surface area contributed by atoms with Gasteiger partial charge in [0.2, 0.25) is 0 Å². The molecule has 0 aliphatic carbocycles. The highest BCUT2D eigenvalue weighted by atomic mass is 19.1. The molecular weight excluding hydrogens is 240 g/mol. The average Bonchev–Trinajstić information content (AvgIpc) is 2.38. The standard InChI is InChI=1S/C12H7F2N3O/c1-18-8-5-16-12(17-6-8)7-2-10(13)9(4-15)11(14)3-7/h2-3,5-6H,1H3. The van der Waals surface area contributed by atoms with Crippen LogP contribution in [0.15, 0.2) is 24.5 Å². The van der Waals surface area contributed by atoms with Crippen molar-refractivity contribution in [3.63, 3.8) is 0 Å². The number of benzene rings is 1. The largest absolute Gasteiger partial charge is 0.494 e. The van der Waals surface area contributed by atoms with E-state index >= 15 is 0 Å². The quantitative estimate of drug-likeness (QED) is 0.817. The predicted molar refractivity (Wildman–Crippen MR) is 58.7 cm³/mol. The fraction of sp³-hybridized carbons (Fsp3) is 0.0833. The number of methoxy groups -OCH3 is 1. The molecule has 0 radical (unpaired) electrons. The van der Waals surface area contributed by atoms with Crippen LogP contribution in [-0.2, 0) is 0 Å². The van der Waals surface area contributed by atoms with Crippen LogP contribution in [0, 0.1) is 23.0 Å². The van der Waals surface area contributed by atoms with Crippen LogP contribution in [0.4, 0.5) is 8.78 Å². The SMILES string of the molecule is COc1cnc(-c2cc(F)c(C#N)c(F)c2)nc1. The third-order valence-electron chi connectivity index (χ3n) is 2.28. The normalized spacial score (nSPS) is 9.89. The second kappa shape index (κ2) is 4.75. The molecule has 1 aromatic heterocycles. The Balaban J connectivity index is 2.48. The highest BCUT2D eigenvalue weighted by Crippen LogP contribution is 2.22. The molecule has 0 N–H and O–H groups in total. The molecular formula is C12H7F2N3O. The van der Waals surface area contributed by atoms with Crippen LogP contribution in [0.2, 0.25) is 0 Å². The van der Waals surface area contributed by atoms with Crippen molar-refractivity contribution in [2.45, 2.75) is 0 Å². The summed E-state index contributed by atoms with van der Waals surface area (Å²) in [6, 6.07) is 3.48. The van der Waals surface area contributed by atoms with Crippen LogP contribution in [0.1, 0.15) is 5.56 Å². The third kappa shape index (κ3) is 2.11. The molecule has 6 heteroatoms. The van der Waals surface area contributed by atoms with Crippen LogP contribution in [-0.4, -0.2) is 17.1 Å². The first-order valence-corrected chi connectivity index (χ1v) is 4.91. The number of rotatable bonds is 2. The molecule has 0 amide bonds. The molecule has 0 saturated heterocycles. The minimum atomic E-state index is -0.938. The molecule has 1 heterocycles. The molecule has 0 unspecified atom stereocenters. The topological polar surface area (TPSA) is 58.8 Å². The van der Waals surface area contributed by atoms with Crippen LogP contribution >= 0.6 is 0 Å². The first kappa shape index (κ1) is 11.9. The maximum Gasteiger partial charge on any atom is 0.159 e. The van der Waals surface area contributed by atoms with E-state index in [2.05, 4.69) is 9.97 Å². The van der Waals surface area contributed by atoms with Gasteiger partial charge < -0.3 is 4.74 Å². The van der Waals surface area contributed by atoms with E-state index in [0.29, 0.717) is 5.75 Å². The van der Waals surface area contributed by atoms with E-state index in [-0.39, 0.29) is 11.4 Å². The van der Waals surface area contributed by atoms with E-state index in [4.69, 9.17) is 10.00 Å². The van der Waals surface area contributed by atoms with Crippen molar-refractivity contribution in [3.8, 4) is 23.2 Å². The fourth-order valence-electron chi connectivity index (χ4n) is 1.38. The minimum Gasteiger partial charge on any atom is -0.494 e. The lowest BCUT2D eigenvalue weighted by atomic mass is 10.1. The van der Waals surface area contributed by atoms with E-state index in [1.165, 1.54) is 25.6 Å². The number of ether oxygens (including phenoxy) is 1. The summed E-state index contributed by atoms with van der Waals surface area (Å²) >= 11 is 0. The number of halogens is 2. The van der Waals surface area contributed by atoms with Crippen molar-refractivity contribution in [1.29, 1.82) is 5.26 Å². The summed E-state index contributed by atoms with van der Waals surface area (Å²) in [6.07, 6.45) is 2.77. The van der Waals surface area contributed by atoms with Crippen LogP contribution in [0.5, 0.6) is 5.75 Å². The molecule has 0 fully saturated rings. The van der Waals surface area contributed by atoms with Crippen molar-refractivity contribution in [1.82, 2.24) is 9.97 Å². The van der Waals surface area contributed by atoms with E-state index in [1.54, 1.807) is 0 Å². The van der Waals surface area contributed by atoms with Crippen LogP contribution in [0.3, 0.4) is 0 Å². The van der Waals surface area contributed by atoms with Crippen LogP contribution < -0.4 is 4.74 Å². The average molecular weight is 247 g/mol. The zero-order valence-electron chi connectivity index (χ0n) is 9.32. The Labute approximate surface area is 101 Å². The Morgan fingerprint density at radius 2 is 1.72 bits per heavy atom. The van der Waals surface area contributed by atoms with E-state index in [9.17, 15) is 8.78 Å². The van der Waals surface area contributed by atoms with Crippen molar-refractivity contribution in [2.75, 3.05) is 7.11 Å². The summed E-state index contributed by atoms with van der Waals surface area (Å²) < 4.78 is 31.7. The summed E-state index contributed by atoms with van der Waals surface area (Å²) in [4.78, 5) is 7.81. The Morgan fingerprint density at radius 3 is 2.17 bits per heavy atom. The first-order valence-electron chi connectivity index (χ1n) is 4.91. The summed E-state index contributed by atoms with van der Waals surface area (Å²) in [7, 11) is 1.46. The maximum absolute atomic E-state index is 13.4. The lowest BCUT2D eigenvalue weighted by Crippen LogP contribution is -1.95. The van der Waals surface area contributed by atoms with Gasteiger partial charge in [-0.1, -0.05) is 0 Å². The highest BCUT2D eigenvalue weighted by Gasteiger charge is 2.13. The molecule has 4 nitrogen and oxygen atoms in total. The second-order valence-electron chi connectivity index (χ2n) is 3.37. The van der Waals surface area contributed by atoms with Gasteiger partial charge in [0.25, 0.3) is 0 Å². The van der Waals surface area contributed by atoms with Crippen molar-refractivity contribution < 1.29 is 13.5 Å². The molecule has 0 aliphatic rings. The smallest absolute Gasteiger partial charge is 0.159 e. The number of aromatic nitrogens is 2. The molecule has 0 saturated carbocycles. The Bertz CT molecular complexity index is 597. The predicted octanol–water partition coefficient (Wildman–Crippen LogP) is 2.30. The highest BCUT2D eigenvalue weighted by molar-refractivity contribution is 5.57. The van der Waals surface area contributed by atoms with E-state index in [1.807, 2.05) is 0 Å². The summed E-state index contributed by atoms with van der Waals surface area (Å²) in [5.41, 5.74) is -0.459. The van der Waals surface area contributed by atoms with Gasteiger partial charge >= 0.3 is 0 Å². The van der Waals surface area contributed by atoms with Gasteiger partial charge in [-0.05, 0) is 12.1 Å². The van der Waals surface area contributed by atoms with Gasteiger partial charge in [0.1, 0.15) is 23.3 Å². The zero-order chi connectivity index (χ0) is 13.1. The lowest BCUT2D eigenvalue weighted by Gasteiger charge is -2.03. The molecule has 90 valence electrons. The summed E-state index contributed by atoms with van der Waals surface area (Å²) in [6.45, 7) is 0. The Morgan fingerprint density at radius 1 is 1.17 bits per heavy atom. The van der Waals surface area contributed by atoms with Gasteiger partial charge in [-0.2, -0.15) is 5.26 Å². The van der Waals surface area contributed by atoms with Crippen LogP contribution in [0.25, 0.3) is 11.4 Å². The number of nitrogens with zero attached hydrogens (tertiary/aromatic N) is 3. The minimum absolute atomic E-state index is 0.151. The van der Waals surface area contributed by atoms with Crippen molar-refractivity contribution in [3.05, 3.63) is 41.7 Å². The van der Waals surface area contributed by atoms with Gasteiger partial charge in [0.05, 0.1) is 19.5 Å². The summed E-state index contributed by atoms with van der Waals surface area (Å²) in [5, 5.41) is 8.55. The number of nitriles is 1. The van der Waals surface area contributed by atoms with Gasteiger partial charge in [0, 0.05) is 5.56 Å². The van der Waals surface area contributed by atoms with Gasteiger partial charge in [0.15, 0.2) is 11.6 Å². The lowest BCUT2D eigenvalue weighted by molar-refractivity contribution is 0.411. The van der Waals surface area contributed by atoms with Gasteiger partial charge in [-0.25, -0.2) is 18.7 Å². The molecule has 0 spiro atoms. The fourth-order valence-corrected chi connectivity index (χ4v) is 1.38. The molecule has 0 bridgehead atoms. The maximum atomic E-state index is 13.4. The molecule has 1 aromatic carbocycles. The van der Waals surface area contributed by atoms with Crippen molar-refractivity contribution >= 4 is 0 Å². The Hall–Kier alpha value is -2.55. The van der Waals surface area contributed by atoms with Crippen molar-refractivity contribution in [2.24, 2.45) is 0 Å². The molecule has 2 aromatic rings.